The van der Waals surface area contributed by atoms with Crippen molar-refractivity contribution in [3.05, 3.63) is 53.0 Å². The van der Waals surface area contributed by atoms with Gasteiger partial charge in [-0.05, 0) is 40.2 Å². The van der Waals surface area contributed by atoms with Gasteiger partial charge in [-0.15, -0.1) is 0 Å². The molecular formula is C13H10BrFN2O2. The van der Waals surface area contributed by atoms with Crippen LogP contribution in [0.5, 0.6) is 5.75 Å². The predicted molar refractivity (Wildman–Crippen MR) is 72.5 cm³/mol. The Kier molecular flexibility index (Phi) is 4.46. The lowest BCUT2D eigenvalue weighted by molar-refractivity contribution is -0.118. The number of aromatic nitrogens is 1. The quantitative estimate of drug-likeness (QED) is 0.879. The van der Waals surface area contributed by atoms with Crippen LogP contribution in [0.25, 0.3) is 0 Å². The fraction of sp³-hybridized carbons (Fsp3) is 0.0769. The number of amides is 1. The first kappa shape index (κ1) is 13.5. The molecule has 1 amide bonds. The number of pyridine rings is 1. The summed E-state index contributed by atoms with van der Waals surface area (Å²) in [6.07, 6.45) is 1.49. The molecule has 2 rings (SSSR count). The van der Waals surface area contributed by atoms with E-state index in [1.165, 1.54) is 18.3 Å². The lowest BCUT2D eigenvalue weighted by Crippen LogP contribution is -2.20. The molecule has 0 bridgehead atoms. The Labute approximate surface area is 117 Å². The van der Waals surface area contributed by atoms with Crippen LogP contribution in [0.1, 0.15) is 0 Å². The van der Waals surface area contributed by atoms with Crippen LogP contribution in [0.4, 0.5) is 10.1 Å². The molecule has 2 aromatic rings. The van der Waals surface area contributed by atoms with E-state index in [4.69, 9.17) is 4.74 Å². The van der Waals surface area contributed by atoms with E-state index in [1.54, 1.807) is 24.3 Å². The topological polar surface area (TPSA) is 51.2 Å². The lowest BCUT2D eigenvalue weighted by Gasteiger charge is -2.07. The second-order valence-electron chi connectivity index (χ2n) is 3.63. The summed E-state index contributed by atoms with van der Waals surface area (Å²) in [7, 11) is 0. The normalized spacial score (nSPS) is 10.0. The minimum absolute atomic E-state index is 0.130. The van der Waals surface area contributed by atoms with Gasteiger partial charge in [0.05, 0.1) is 11.9 Å². The largest absolute Gasteiger partial charge is 0.482 e. The first-order chi connectivity index (χ1) is 9.15. The monoisotopic (exact) mass is 324 g/mol. The van der Waals surface area contributed by atoms with E-state index < -0.39 is 11.7 Å². The van der Waals surface area contributed by atoms with E-state index in [0.717, 1.165) is 0 Å². The molecule has 0 spiro atoms. The molecule has 1 heterocycles. The molecule has 6 heteroatoms. The van der Waals surface area contributed by atoms with Gasteiger partial charge in [0.25, 0.3) is 5.91 Å². The molecule has 0 unspecified atom stereocenters. The van der Waals surface area contributed by atoms with E-state index in [1.807, 2.05) is 0 Å². The summed E-state index contributed by atoms with van der Waals surface area (Å²) < 4.78 is 19.2. The molecule has 0 aliphatic carbocycles. The summed E-state index contributed by atoms with van der Waals surface area (Å²) in [6.45, 7) is -0.211. The molecule has 0 aliphatic heterocycles. The molecule has 0 atom stereocenters. The standard InChI is InChI=1S/C13H10BrFN2O2/c14-12-6-5-9(7-16-12)19-8-13(18)17-11-4-2-1-3-10(11)15/h1-7H,8H2,(H,17,18). The molecule has 1 aromatic carbocycles. The van der Waals surface area contributed by atoms with Crippen molar-refractivity contribution in [2.45, 2.75) is 0 Å². The van der Waals surface area contributed by atoms with Gasteiger partial charge in [-0.1, -0.05) is 12.1 Å². The number of hydrogen-bond acceptors (Lipinski definition) is 3. The molecule has 0 saturated carbocycles. The first-order valence-corrected chi connectivity index (χ1v) is 6.23. The Balaban J connectivity index is 1.88. The highest BCUT2D eigenvalue weighted by Crippen LogP contribution is 2.14. The van der Waals surface area contributed by atoms with Crippen molar-refractivity contribution in [3.63, 3.8) is 0 Å². The molecule has 1 aromatic heterocycles. The summed E-state index contributed by atoms with van der Waals surface area (Å²) >= 11 is 3.19. The number of halogens is 2. The average Bonchev–Trinajstić information content (AvgIpc) is 2.41. The molecule has 0 saturated heterocycles. The summed E-state index contributed by atoms with van der Waals surface area (Å²) in [5.74, 6) is -0.457. The zero-order chi connectivity index (χ0) is 13.7. The van der Waals surface area contributed by atoms with Crippen LogP contribution in [-0.2, 0) is 4.79 Å². The van der Waals surface area contributed by atoms with Gasteiger partial charge in [0.15, 0.2) is 6.61 Å². The van der Waals surface area contributed by atoms with Crippen LogP contribution in [0.15, 0.2) is 47.2 Å². The zero-order valence-electron chi connectivity index (χ0n) is 9.77. The summed E-state index contributed by atoms with van der Waals surface area (Å²) in [5, 5.41) is 2.42. The van der Waals surface area contributed by atoms with Crippen molar-refractivity contribution < 1.29 is 13.9 Å². The number of nitrogens with one attached hydrogen (secondary N) is 1. The van der Waals surface area contributed by atoms with Gasteiger partial charge >= 0.3 is 0 Å². The molecule has 98 valence electrons. The fourth-order valence-electron chi connectivity index (χ4n) is 1.35. The van der Waals surface area contributed by atoms with Crippen LogP contribution in [-0.4, -0.2) is 17.5 Å². The summed E-state index contributed by atoms with van der Waals surface area (Å²) in [4.78, 5) is 15.5. The van der Waals surface area contributed by atoms with E-state index in [0.29, 0.717) is 10.4 Å². The average molecular weight is 325 g/mol. The molecule has 4 nitrogen and oxygen atoms in total. The molecular weight excluding hydrogens is 315 g/mol. The molecule has 19 heavy (non-hydrogen) atoms. The third-order valence-electron chi connectivity index (χ3n) is 2.22. The highest BCUT2D eigenvalue weighted by Gasteiger charge is 2.07. The molecule has 1 N–H and O–H groups in total. The van der Waals surface area contributed by atoms with Gasteiger partial charge in [-0.2, -0.15) is 0 Å². The number of carbonyl (C=O) groups excluding carboxylic acids is 1. The van der Waals surface area contributed by atoms with Crippen LogP contribution in [0, 0.1) is 5.82 Å². The van der Waals surface area contributed by atoms with Gasteiger partial charge in [-0.25, -0.2) is 9.37 Å². The Hall–Kier alpha value is -1.95. The number of anilines is 1. The van der Waals surface area contributed by atoms with E-state index in [9.17, 15) is 9.18 Å². The molecule has 0 aliphatic rings. The van der Waals surface area contributed by atoms with Crippen molar-refractivity contribution in [1.29, 1.82) is 0 Å². The van der Waals surface area contributed by atoms with Crippen LogP contribution in [0.3, 0.4) is 0 Å². The smallest absolute Gasteiger partial charge is 0.262 e. The van der Waals surface area contributed by atoms with Gasteiger partial charge < -0.3 is 10.1 Å². The number of rotatable bonds is 4. The Morgan fingerprint density at radius 3 is 2.79 bits per heavy atom. The SMILES string of the molecule is O=C(COc1ccc(Br)nc1)Nc1ccccc1F. The van der Waals surface area contributed by atoms with Crippen LogP contribution < -0.4 is 10.1 Å². The first-order valence-electron chi connectivity index (χ1n) is 5.44. The number of benzene rings is 1. The highest BCUT2D eigenvalue weighted by atomic mass is 79.9. The van der Waals surface area contributed by atoms with E-state index in [-0.39, 0.29) is 12.3 Å². The van der Waals surface area contributed by atoms with Gasteiger partial charge in [-0.3, -0.25) is 4.79 Å². The molecule has 0 fully saturated rings. The molecule has 0 radical (unpaired) electrons. The third-order valence-corrected chi connectivity index (χ3v) is 2.69. The van der Waals surface area contributed by atoms with Crippen molar-refractivity contribution >= 4 is 27.5 Å². The minimum Gasteiger partial charge on any atom is -0.482 e. The summed E-state index contributed by atoms with van der Waals surface area (Å²) in [5.41, 5.74) is 0.130. The zero-order valence-corrected chi connectivity index (χ0v) is 11.4. The van der Waals surface area contributed by atoms with Crippen LogP contribution in [0.2, 0.25) is 0 Å². The number of hydrogen-bond donors (Lipinski definition) is 1. The Bertz CT molecular complexity index is 575. The minimum atomic E-state index is -0.485. The van der Waals surface area contributed by atoms with E-state index >= 15 is 0 Å². The number of carbonyl (C=O) groups is 1. The van der Waals surface area contributed by atoms with Gasteiger partial charge in [0.2, 0.25) is 0 Å². The van der Waals surface area contributed by atoms with Crippen LogP contribution >= 0.6 is 15.9 Å². The van der Waals surface area contributed by atoms with Crippen molar-refractivity contribution in [2.24, 2.45) is 0 Å². The van der Waals surface area contributed by atoms with Crippen molar-refractivity contribution in [3.8, 4) is 5.75 Å². The maximum atomic E-state index is 13.3. The second-order valence-corrected chi connectivity index (χ2v) is 4.45. The lowest BCUT2D eigenvalue weighted by atomic mass is 10.3. The second kappa shape index (κ2) is 6.29. The Morgan fingerprint density at radius 2 is 2.11 bits per heavy atom. The van der Waals surface area contributed by atoms with E-state index in [2.05, 4.69) is 26.2 Å². The van der Waals surface area contributed by atoms with Crippen molar-refractivity contribution in [1.82, 2.24) is 4.98 Å². The van der Waals surface area contributed by atoms with Gasteiger partial charge in [0, 0.05) is 0 Å². The number of para-hydroxylation sites is 1. The maximum Gasteiger partial charge on any atom is 0.262 e. The maximum absolute atomic E-state index is 13.3. The number of nitrogens with zero attached hydrogens (tertiary/aromatic N) is 1. The number of ether oxygens (including phenoxy) is 1. The fourth-order valence-corrected chi connectivity index (χ4v) is 1.58. The third kappa shape index (κ3) is 4.03. The summed E-state index contributed by atoms with van der Waals surface area (Å²) in [6, 6.07) is 9.31. The highest BCUT2D eigenvalue weighted by molar-refractivity contribution is 9.10. The predicted octanol–water partition coefficient (Wildman–Crippen LogP) is 3.00. The van der Waals surface area contributed by atoms with Gasteiger partial charge in [0.1, 0.15) is 16.2 Å². The van der Waals surface area contributed by atoms with Crippen molar-refractivity contribution in [2.75, 3.05) is 11.9 Å². The Morgan fingerprint density at radius 1 is 1.32 bits per heavy atom.